The van der Waals surface area contributed by atoms with Crippen molar-refractivity contribution in [2.75, 3.05) is 40.1 Å². The smallest absolute Gasteiger partial charge is 0.243 e. The summed E-state index contributed by atoms with van der Waals surface area (Å²) in [6.45, 7) is 10.2. The maximum absolute atomic E-state index is 13.5. The van der Waals surface area contributed by atoms with E-state index < -0.39 is 12.1 Å². The predicted octanol–water partition coefficient (Wildman–Crippen LogP) is 2.50. The second kappa shape index (κ2) is 11.8. The Labute approximate surface area is 229 Å². The highest BCUT2D eigenvalue weighted by atomic mass is 16.2. The van der Waals surface area contributed by atoms with Crippen molar-refractivity contribution in [2.45, 2.75) is 59.2 Å². The molecule has 0 bridgehead atoms. The minimum absolute atomic E-state index is 0.0575. The standard InChI is InChI=1S/C29H38N6O4/c1-6-30-28(38)19(5)34-15-25(36)33-22-14-20(11-12-24(22)34)13-18(4)27(29(39)31-17(2)3)35-16-26(37)32-21-9-7-8-10-23(21)35/h7-12,14,17-19,27H,6,13,15-16H2,1-5H3,(H,30,38)(H,31,39)(H,32,37)(H,33,36). The molecule has 4 rings (SSSR count). The molecule has 0 saturated heterocycles. The lowest BCUT2D eigenvalue weighted by molar-refractivity contribution is -0.124. The summed E-state index contributed by atoms with van der Waals surface area (Å²) in [7, 11) is 0. The number of fused-ring (bicyclic) bond motifs is 2. The van der Waals surface area contributed by atoms with E-state index in [1.807, 2.05) is 75.1 Å². The third-order valence-electron chi connectivity index (χ3n) is 7.09. The molecule has 2 aromatic carbocycles. The summed E-state index contributed by atoms with van der Waals surface area (Å²) >= 11 is 0. The van der Waals surface area contributed by atoms with Gasteiger partial charge in [-0.15, -0.1) is 0 Å². The van der Waals surface area contributed by atoms with Gasteiger partial charge in [-0.05, 0) is 69.9 Å². The van der Waals surface area contributed by atoms with Crippen LogP contribution in [0.5, 0.6) is 0 Å². The minimum atomic E-state index is -0.598. The molecule has 0 saturated carbocycles. The Morgan fingerprint density at radius 2 is 1.51 bits per heavy atom. The number of nitrogens with zero attached hydrogens (tertiary/aromatic N) is 2. The SMILES string of the molecule is CCNC(=O)C(C)N1CC(=O)Nc2cc(CC(C)C(C(=O)NC(C)C)N3CC(=O)Nc4ccccc43)ccc21. The van der Waals surface area contributed by atoms with Crippen LogP contribution in [0.4, 0.5) is 22.7 Å². The Kier molecular flexibility index (Phi) is 8.42. The minimum Gasteiger partial charge on any atom is -0.355 e. The summed E-state index contributed by atoms with van der Waals surface area (Å²) in [5, 5.41) is 11.7. The molecule has 0 aromatic heterocycles. The van der Waals surface area contributed by atoms with Gasteiger partial charge in [-0.3, -0.25) is 19.2 Å². The highest BCUT2D eigenvalue weighted by Crippen LogP contribution is 2.35. The summed E-state index contributed by atoms with van der Waals surface area (Å²) in [6, 6.07) is 12.1. The number of carbonyl (C=O) groups is 4. The van der Waals surface area contributed by atoms with Crippen molar-refractivity contribution in [3.63, 3.8) is 0 Å². The predicted molar refractivity (Wildman–Crippen MR) is 153 cm³/mol. The first kappa shape index (κ1) is 27.9. The van der Waals surface area contributed by atoms with Crippen LogP contribution in [0, 0.1) is 5.92 Å². The molecule has 10 heteroatoms. The van der Waals surface area contributed by atoms with Crippen molar-refractivity contribution in [1.29, 1.82) is 0 Å². The molecular weight excluding hydrogens is 496 g/mol. The third kappa shape index (κ3) is 6.16. The van der Waals surface area contributed by atoms with Crippen LogP contribution in [-0.2, 0) is 25.6 Å². The van der Waals surface area contributed by atoms with Gasteiger partial charge in [0.15, 0.2) is 0 Å². The molecule has 4 N–H and O–H groups in total. The number of amides is 4. The fourth-order valence-electron chi connectivity index (χ4n) is 5.37. The molecule has 10 nitrogen and oxygen atoms in total. The van der Waals surface area contributed by atoms with Crippen molar-refractivity contribution in [2.24, 2.45) is 5.92 Å². The van der Waals surface area contributed by atoms with E-state index in [2.05, 4.69) is 21.3 Å². The van der Waals surface area contributed by atoms with Crippen LogP contribution in [0.2, 0.25) is 0 Å². The number of nitrogens with one attached hydrogen (secondary N) is 4. The fraction of sp³-hybridized carbons (Fsp3) is 0.448. The Morgan fingerprint density at radius 1 is 0.872 bits per heavy atom. The highest BCUT2D eigenvalue weighted by Gasteiger charge is 2.36. The maximum Gasteiger partial charge on any atom is 0.243 e. The van der Waals surface area contributed by atoms with Gasteiger partial charge in [-0.2, -0.15) is 0 Å². The summed E-state index contributed by atoms with van der Waals surface area (Å²) in [6.07, 6.45) is 0.533. The molecule has 2 heterocycles. The summed E-state index contributed by atoms with van der Waals surface area (Å²) in [5.74, 6) is -0.809. The molecule has 208 valence electrons. The molecule has 3 unspecified atom stereocenters. The number of carbonyl (C=O) groups excluding carboxylic acids is 4. The monoisotopic (exact) mass is 534 g/mol. The van der Waals surface area contributed by atoms with Crippen LogP contribution in [-0.4, -0.2) is 61.4 Å². The summed E-state index contributed by atoms with van der Waals surface area (Å²) in [4.78, 5) is 54.8. The number of para-hydroxylation sites is 2. The lowest BCUT2D eigenvalue weighted by Gasteiger charge is -2.40. The van der Waals surface area contributed by atoms with Gasteiger partial charge in [0.2, 0.25) is 23.6 Å². The zero-order valence-electron chi connectivity index (χ0n) is 23.2. The molecule has 0 spiro atoms. The molecule has 2 aliphatic rings. The molecule has 2 aromatic rings. The first-order valence-electron chi connectivity index (χ1n) is 13.5. The van der Waals surface area contributed by atoms with Crippen LogP contribution in [0.3, 0.4) is 0 Å². The Balaban J connectivity index is 1.62. The lowest BCUT2D eigenvalue weighted by Crippen LogP contribution is -2.56. The third-order valence-corrected chi connectivity index (χ3v) is 7.09. The van der Waals surface area contributed by atoms with Gasteiger partial charge in [0.1, 0.15) is 12.1 Å². The van der Waals surface area contributed by atoms with Crippen molar-refractivity contribution in [1.82, 2.24) is 10.6 Å². The molecule has 4 amide bonds. The molecule has 2 aliphatic heterocycles. The number of anilines is 4. The second-order valence-corrected chi connectivity index (χ2v) is 10.6. The van der Waals surface area contributed by atoms with E-state index in [1.165, 1.54) is 0 Å². The van der Waals surface area contributed by atoms with Crippen molar-refractivity contribution < 1.29 is 19.2 Å². The largest absolute Gasteiger partial charge is 0.355 e. The number of likely N-dealkylation sites (N-methyl/N-ethyl adjacent to an activating group) is 1. The van der Waals surface area contributed by atoms with E-state index in [-0.39, 0.29) is 48.7 Å². The van der Waals surface area contributed by atoms with Crippen molar-refractivity contribution in [3.8, 4) is 0 Å². The first-order chi connectivity index (χ1) is 18.6. The topological polar surface area (TPSA) is 123 Å². The highest BCUT2D eigenvalue weighted by molar-refractivity contribution is 6.04. The first-order valence-corrected chi connectivity index (χ1v) is 13.5. The summed E-state index contributed by atoms with van der Waals surface area (Å²) < 4.78 is 0. The normalized spacial score (nSPS) is 16.9. The molecule has 0 aliphatic carbocycles. The van der Waals surface area contributed by atoms with Crippen molar-refractivity contribution in [3.05, 3.63) is 48.0 Å². The molecule has 39 heavy (non-hydrogen) atoms. The van der Waals surface area contributed by atoms with E-state index in [0.29, 0.717) is 24.3 Å². The van der Waals surface area contributed by atoms with Gasteiger partial charge in [-0.1, -0.05) is 25.1 Å². The van der Waals surface area contributed by atoms with E-state index in [0.717, 1.165) is 16.9 Å². The Bertz CT molecular complexity index is 1260. The van der Waals surface area contributed by atoms with Gasteiger partial charge in [0, 0.05) is 12.6 Å². The quantitative estimate of drug-likeness (QED) is 0.392. The van der Waals surface area contributed by atoms with E-state index in [4.69, 9.17) is 0 Å². The number of rotatable bonds is 9. The zero-order chi connectivity index (χ0) is 28.3. The summed E-state index contributed by atoms with van der Waals surface area (Å²) in [5.41, 5.74) is 3.84. The number of hydrogen-bond donors (Lipinski definition) is 4. The van der Waals surface area contributed by atoms with Gasteiger partial charge in [-0.25, -0.2) is 0 Å². The van der Waals surface area contributed by atoms with Crippen LogP contribution >= 0.6 is 0 Å². The van der Waals surface area contributed by atoms with Gasteiger partial charge >= 0.3 is 0 Å². The van der Waals surface area contributed by atoms with Crippen LogP contribution in [0.25, 0.3) is 0 Å². The Morgan fingerprint density at radius 3 is 2.21 bits per heavy atom. The maximum atomic E-state index is 13.5. The van der Waals surface area contributed by atoms with Gasteiger partial charge in [0.05, 0.1) is 35.8 Å². The zero-order valence-corrected chi connectivity index (χ0v) is 23.2. The van der Waals surface area contributed by atoms with E-state index in [1.54, 1.807) is 11.8 Å². The fourth-order valence-corrected chi connectivity index (χ4v) is 5.37. The average molecular weight is 535 g/mol. The Hall–Kier alpha value is -4.08. The molecule has 3 atom stereocenters. The second-order valence-electron chi connectivity index (χ2n) is 10.6. The van der Waals surface area contributed by atoms with Crippen molar-refractivity contribution >= 4 is 46.4 Å². The van der Waals surface area contributed by atoms with Gasteiger partial charge in [0.25, 0.3) is 0 Å². The van der Waals surface area contributed by atoms with Crippen LogP contribution < -0.4 is 31.1 Å². The molecular formula is C29H38N6O4. The van der Waals surface area contributed by atoms with Gasteiger partial charge < -0.3 is 31.1 Å². The van der Waals surface area contributed by atoms with E-state index >= 15 is 0 Å². The number of benzene rings is 2. The molecule has 0 radical (unpaired) electrons. The molecule has 0 fully saturated rings. The van der Waals surface area contributed by atoms with Crippen LogP contribution in [0.15, 0.2) is 42.5 Å². The van der Waals surface area contributed by atoms with Crippen LogP contribution in [0.1, 0.15) is 40.2 Å². The number of hydrogen-bond acceptors (Lipinski definition) is 6. The average Bonchev–Trinajstić information content (AvgIpc) is 2.87. The van der Waals surface area contributed by atoms with E-state index in [9.17, 15) is 19.2 Å². The lowest BCUT2D eigenvalue weighted by atomic mass is 9.90.